The summed E-state index contributed by atoms with van der Waals surface area (Å²) in [7, 11) is 0. The minimum atomic E-state index is -0.847. The summed E-state index contributed by atoms with van der Waals surface area (Å²) in [6.45, 7) is 0. The second-order valence-corrected chi connectivity index (χ2v) is 5.08. The number of aliphatic hydroxyl groups excluding tert-OH is 1. The number of fused-ring (bicyclic) bond motifs is 1. The van der Waals surface area contributed by atoms with Crippen LogP contribution in [0.1, 0.15) is 29.8 Å². The highest BCUT2D eigenvalue weighted by atomic mass is 35.5. The Morgan fingerprint density at radius 3 is 2.75 bits per heavy atom. The van der Waals surface area contributed by atoms with Crippen molar-refractivity contribution in [3.8, 4) is 5.75 Å². The zero-order valence-electron chi connectivity index (χ0n) is 10.3. The third-order valence-corrected chi connectivity index (χ3v) is 3.69. The summed E-state index contributed by atoms with van der Waals surface area (Å²) in [6, 6.07) is 8.22. The molecule has 0 bridgehead atoms. The summed E-state index contributed by atoms with van der Waals surface area (Å²) in [5.74, 6) is -0.765. The van der Waals surface area contributed by atoms with Crippen LogP contribution in [0.4, 0.5) is 8.78 Å². The Kier molecular flexibility index (Phi) is 3.36. The highest BCUT2D eigenvalue weighted by Gasteiger charge is 2.31. The van der Waals surface area contributed by atoms with Gasteiger partial charge in [0.15, 0.2) is 0 Å². The van der Waals surface area contributed by atoms with Gasteiger partial charge in [-0.15, -0.1) is 0 Å². The molecule has 0 amide bonds. The fourth-order valence-electron chi connectivity index (χ4n) is 2.41. The van der Waals surface area contributed by atoms with Gasteiger partial charge >= 0.3 is 0 Å². The van der Waals surface area contributed by atoms with Crippen molar-refractivity contribution in [2.75, 3.05) is 0 Å². The number of rotatable bonds is 1. The molecule has 1 heterocycles. The standard InChI is InChI=1S/C15H11ClF2O2/c16-10-2-1-3-11(18)15(10)14-7-12(19)9-5-4-8(17)6-13(9)20-14/h1-6,12,14,19H,7H2. The minimum absolute atomic E-state index is 0.166. The Labute approximate surface area is 119 Å². The molecule has 0 fully saturated rings. The summed E-state index contributed by atoms with van der Waals surface area (Å²) < 4.78 is 32.8. The van der Waals surface area contributed by atoms with Crippen LogP contribution in [0.3, 0.4) is 0 Å². The number of hydrogen-bond donors (Lipinski definition) is 1. The van der Waals surface area contributed by atoms with E-state index in [0.29, 0.717) is 5.56 Å². The first kappa shape index (κ1) is 13.3. The molecule has 1 aliphatic heterocycles. The van der Waals surface area contributed by atoms with Crippen LogP contribution in [0.2, 0.25) is 5.02 Å². The van der Waals surface area contributed by atoms with Crippen LogP contribution in [0.5, 0.6) is 5.75 Å². The summed E-state index contributed by atoms with van der Waals surface area (Å²) in [6.07, 6.45) is -1.42. The molecule has 0 radical (unpaired) electrons. The maximum absolute atomic E-state index is 13.9. The van der Waals surface area contributed by atoms with Gasteiger partial charge in [0.2, 0.25) is 0 Å². The first-order valence-electron chi connectivity index (χ1n) is 6.14. The van der Waals surface area contributed by atoms with Gasteiger partial charge in [0.25, 0.3) is 0 Å². The quantitative estimate of drug-likeness (QED) is 0.855. The summed E-state index contributed by atoms with van der Waals surface area (Å²) in [4.78, 5) is 0. The van der Waals surface area contributed by atoms with Crippen LogP contribution in [-0.2, 0) is 0 Å². The van der Waals surface area contributed by atoms with Crippen molar-refractivity contribution in [1.82, 2.24) is 0 Å². The minimum Gasteiger partial charge on any atom is -0.485 e. The third-order valence-electron chi connectivity index (χ3n) is 3.36. The van der Waals surface area contributed by atoms with Gasteiger partial charge in [-0.2, -0.15) is 0 Å². The van der Waals surface area contributed by atoms with Gasteiger partial charge in [-0.05, 0) is 24.3 Å². The number of benzene rings is 2. The summed E-state index contributed by atoms with van der Waals surface area (Å²) >= 11 is 5.99. The molecule has 0 spiro atoms. The van der Waals surface area contributed by atoms with Gasteiger partial charge in [0.05, 0.1) is 11.1 Å². The fourth-order valence-corrected chi connectivity index (χ4v) is 2.70. The number of hydrogen-bond acceptors (Lipinski definition) is 2. The molecule has 0 aliphatic carbocycles. The molecule has 2 nitrogen and oxygen atoms in total. The molecule has 2 aromatic carbocycles. The van der Waals surface area contributed by atoms with Crippen molar-refractivity contribution in [3.05, 3.63) is 64.2 Å². The Balaban J connectivity index is 2.03. The predicted molar refractivity (Wildman–Crippen MR) is 70.8 cm³/mol. The first-order valence-corrected chi connectivity index (χ1v) is 6.52. The summed E-state index contributed by atoms with van der Waals surface area (Å²) in [5, 5.41) is 10.3. The predicted octanol–water partition coefficient (Wildman–Crippen LogP) is 4.18. The lowest BCUT2D eigenvalue weighted by Crippen LogP contribution is -2.20. The molecular weight excluding hydrogens is 286 g/mol. The maximum Gasteiger partial charge on any atom is 0.131 e. The zero-order valence-corrected chi connectivity index (χ0v) is 11.1. The van der Waals surface area contributed by atoms with E-state index in [1.54, 1.807) is 6.07 Å². The van der Waals surface area contributed by atoms with Crippen LogP contribution >= 0.6 is 11.6 Å². The molecule has 0 saturated heterocycles. The molecule has 0 saturated carbocycles. The van der Waals surface area contributed by atoms with E-state index in [-0.39, 0.29) is 22.8 Å². The molecule has 3 rings (SSSR count). The molecular formula is C15H11ClF2O2. The van der Waals surface area contributed by atoms with Crippen LogP contribution in [0.15, 0.2) is 36.4 Å². The van der Waals surface area contributed by atoms with E-state index >= 15 is 0 Å². The lowest BCUT2D eigenvalue weighted by molar-refractivity contribution is 0.0637. The van der Waals surface area contributed by atoms with E-state index in [2.05, 4.69) is 0 Å². The van der Waals surface area contributed by atoms with Gasteiger partial charge in [0, 0.05) is 23.6 Å². The second-order valence-electron chi connectivity index (χ2n) is 4.68. The van der Waals surface area contributed by atoms with E-state index < -0.39 is 23.8 Å². The molecule has 104 valence electrons. The lowest BCUT2D eigenvalue weighted by atomic mass is 9.94. The van der Waals surface area contributed by atoms with Crippen molar-refractivity contribution in [1.29, 1.82) is 0 Å². The van der Waals surface area contributed by atoms with E-state index in [4.69, 9.17) is 16.3 Å². The molecule has 2 aromatic rings. The van der Waals surface area contributed by atoms with Gasteiger partial charge in [0.1, 0.15) is 23.5 Å². The van der Waals surface area contributed by atoms with Gasteiger partial charge in [-0.1, -0.05) is 17.7 Å². The maximum atomic E-state index is 13.9. The van der Waals surface area contributed by atoms with Crippen molar-refractivity contribution in [2.24, 2.45) is 0 Å². The van der Waals surface area contributed by atoms with Crippen molar-refractivity contribution < 1.29 is 18.6 Å². The SMILES string of the molecule is OC1CC(c2c(F)cccc2Cl)Oc2cc(F)ccc21. The highest BCUT2D eigenvalue weighted by molar-refractivity contribution is 6.31. The van der Waals surface area contributed by atoms with Crippen LogP contribution in [0, 0.1) is 11.6 Å². The average molecular weight is 297 g/mol. The number of halogens is 3. The number of ether oxygens (including phenoxy) is 1. The third kappa shape index (κ3) is 2.25. The van der Waals surface area contributed by atoms with Gasteiger partial charge < -0.3 is 9.84 Å². The molecule has 2 atom stereocenters. The molecule has 20 heavy (non-hydrogen) atoms. The molecule has 0 aromatic heterocycles. The average Bonchev–Trinajstić information content (AvgIpc) is 2.38. The second kappa shape index (κ2) is 5.04. The largest absolute Gasteiger partial charge is 0.485 e. The van der Waals surface area contributed by atoms with Crippen molar-refractivity contribution in [2.45, 2.75) is 18.6 Å². The van der Waals surface area contributed by atoms with E-state index in [1.807, 2.05) is 0 Å². The van der Waals surface area contributed by atoms with Crippen LogP contribution in [-0.4, -0.2) is 5.11 Å². The van der Waals surface area contributed by atoms with E-state index in [0.717, 1.165) is 0 Å². The topological polar surface area (TPSA) is 29.5 Å². The first-order chi connectivity index (χ1) is 9.56. The molecule has 1 N–H and O–H groups in total. The number of aliphatic hydroxyl groups is 1. The molecule has 2 unspecified atom stereocenters. The summed E-state index contributed by atoms with van der Waals surface area (Å²) in [5.41, 5.74) is 0.679. The molecule has 5 heteroatoms. The van der Waals surface area contributed by atoms with Crippen LogP contribution in [0.25, 0.3) is 0 Å². The van der Waals surface area contributed by atoms with Crippen molar-refractivity contribution in [3.63, 3.8) is 0 Å². The van der Waals surface area contributed by atoms with Gasteiger partial charge in [-0.3, -0.25) is 0 Å². The lowest BCUT2D eigenvalue weighted by Gasteiger charge is -2.30. The van der Waals surface area contributed by atoms with Crippen LogP contribution < -0.4 is 4.74 Å². The monoisotopic (exact) mass is 296 g/mol. The van der Waals surface area contributed by atoms with E-state index in [9.17, 15) is 13.9 Å². The zero-order chi connectivity index (χ0) is 14.3. The Morgan fingerprint density at radius 2 is 2.00 bits per heavy atom. The van der Waals surface area contributed by atoms with E-state index in [1.165, 1.54) is 30.3 Å². The highest BCUT2D eigenvalue weighted by Crippen LogP contribution is 2.43. The van der Waals surface area contributed by atoms with Crippen molar-refractivity contribution >= 4 is 11.6 Å². The Bertz CT molecular complexity index is 640. The normalized spacial score (nSPS) is 21.2. The fraction of sp³-hybridized carbons (Fsp3) is 0.200. The molecule has 1 aliphatic rings. The van der Waals surface area contributed by atoms with Gasteiger partial charge in [-0.25, -0.2) is 8.78 Å². The Morgan fingerprint density at radius 1 is 1.20 bits per heavy atom. The Hall–Kier alpha value is -1.65. The smallest absolute Gasteiger partial charge is 0.131 e.